The van der Waals surface area contributed by atoms with Crippen LogP contribution in [0.15, 0.2) is 97.1 Å². The number of hydrogen-bond acceptors (Lipinski definition) is 8. The van der Waals surface area contributed by atoms with E-state index in [-0.39, 0.29) is 5.92 Å². The van der Waals surface area contributed by atoms with Gasteiger partial charge in [-0.2, -0.15) is 0 Å². The zero-order valence-corrected chi connectivity index (χ0v) is 27.6. The molecule has 1 aliphatic rings. The van der Waals surface area contributed by atoms with Gasteiger partial charge in [-0.05, 0) is 47.4 Å². The molecule has 1 saturated heterocycles. The smallest absolute Gasteiger partial charge is 0.338 e. The number of ether oxygens (including phenoxy) is 6. The number of benzene rings is 3. The van der Waals surface area contributed by atoms with Crippen molar-refractivity contribution in [1.29, 1.82) is 0 Å². The summed E-state index contributed by atoms with van der Waals surface area (Å²) in [5.74, 6) is -1.97. The third-order valence-electron chi connectivity index (χ3n) is 8.93. The summed E-state index contributed by atoms with van der Waals surface area (Å²) in [6.07, 6.45) is -1.80. The van der Waals surface area contributed by atoms with E-state index in [1.165, 1.54) is 0 Å². The second-order valence-corrected chi connectivity index (χ2v) is 12.0. The lowest BCUT2D eigenvalue weighted by molar-refractivity contribution is -0.332. The quantitative estimate of drug-likeness (QED) is 0.107. The minimum Gasteiger partial charge on any atom is -0.497 e. The summed E-state index contributed by atoms with van der Waals surface area (Å²) < 4.78 is 36.4. The predicted octanol–water partition coefficient (Wildman–Crippen LogP) is 6.61. The Bertz CT molecular complexity index is 1360. The molecule has 1 fully saturated rings. The molecule has 0 aromatic heterocycles. The largest absolute Gasteiger partial charge is 0.497 e. The first-order valence-electron chi connectivity index (χ1n) is 15.9. The molecule has 3 aromatic carbocycles. The maximum Gasteiger partial charge on any atom is 0.338 e. The van der Waals surface area contributed by atoms with Crippen molar-refractivity contribution in [2.75, 3.05) is 27.4 Å². The van der Waals surface area contributed by atoms with Crippen LogP contribution in [0.5, 0.6) is 5.75 Å². The van der Waals surface area contributed by atoms with Crippen LogP contribution < -0.4 is 4.74 Å². The minimum absolute atomic E-state index is 0.262. The number of esters is 1. The molecule has 0 spiro atoms. The Balaban J connectivity index is 1.48. The molecule has 1 aliphatic heterocycles. The highest BCUT2D eigenvalue weighted by Gasteiger charge is 2.56. The van der Waals surface area contributed by atoms with Gasteiger partial charge in [-0.3, -0.25) is 0 Å². The van der Waals surface area contributed by atoms with Crippen molar-refractivity contribution in [1.82, 2.24) is 0 Å². The van der Waals surface area contributed by atoms with Crippen molar-refractivity contribution in [2.45, 2.75) is 64.5 Å². The monoisotopic (exact) mass is 632 g/mol. The average molecular weight is 633 g/mol. The van der Waals surface area contributed by atoms with Crippen LogP contribution >= 0.6 is 0 Å². The molecule has 0 amide bonds. The van der Waals surface area contributed by atoms with E-state index in [1.807, 2.05) is 81.4 Å². The summed E-state index contributed by atoms with van der Waals surface area (Å²) in [5.41, 5.74) is 3.09. The third-order valence-corrected chi connectivity index (χ3v) is 8.93. The van der Waals surface area contributed by atoms with Gasteiger partial charge in [0, 0.05) is 25.6 Å². The van der Waals surface area contributed by atoms with Gasteiger partial charge in [0.2, 0.25) is 0 Å². The molecule has 0 bridgehead atoms. The van der Waals surface area contributed by atoms with Gasteiger partial charge in [0.05, 0.1) is 50.6 Å². The highest BCUT2D eigenvalue weighted by atomic mass is 16.7. The van der Waals surface area contributed by atoms with E-state index >= 15 is 0 Å². The summed E-state index contributed by atoms with van der Waals surface area (Å²) >= 11 is 0. The molecule has 248 valence electrons. The lowest BCUT2D eigenvalue weighted by Gasteiger charge is -2.53. The molecule has 0 saturated carbocycles. The van der Waals surface area contributed by atoms with Crippen LogP contribution in [0.4, 0.5) is 0 Å². The zero-order valence-electron chi connectivity index (χ0n) is 27.6. The summed E-state index contributed by atoms with van der Waals surface area (Å²) in [4.78, 5) is 13.3. The Morgan fingerprint density at radius 3 is 2.15 bits per heavy atom. The van der Waals surface area contributed by atoms with Crippen molar-refractivity contribution >= 4 is 5.97 Å². The van der Waals surface area contributed by atoms with Gasteiger partial charge in [-0.1, -0.05) is 88.0 Å². The van der Waals surface area contributed by atoms with Crippen LogP contribution in [0.2, 0.25) is 0 Å². The lowest BCUT2D eigenvalue weighted by atomic mass is 9.75. The molecule has 4 rings (SSSR count). The first-order chi connectivity index (χ1) is 22.2. The zero-order chi connectivity index (χ0) is 33.1. The first-order valence-corrected chi connectivity index (χ1v) is 15.9. The Morgan fingerprint density at radius 1 is 0.913 bits per heavy atom. The van der Waals surface area contributed by atoms with E-state index < -0.39 is 41.9 Å². The normalized spacial score (nSPS) is 23.3. The molecular formula is C38H48O8. The molecule has 0 unspecified atom stereocenters. The topological polar surface area (TPSA) is 92.7 Å². The van der Waals surface area contributed by atoms with Crippen LogP contribution in [0.25, 0.3) is 0 Å². The SMILES string of the molecule is C=C1[C@@H]([C@H](C)[C@@H](O)CCOCc2ccc(OC)cc2)O[C@@](OC)([C@@H](C)COCc2ccccc2)[C@H](C)[C@H]1OC(=O)c1ccccc1. The summed E-state index contributed by atoms with van der Waals surface area (Å²) in [6.45, 7) is 11.7. The van der Waals surface area contributed by atoms with Crippen LogP contribution in [-0.4, -0.2) is 62.6 Å². The summed E-state index contributed by atoms with van der Waals surface area (Å²) in [6, 6.07) is 26.5. The van der Waals surface area contributed by atoms with Gasteiger partial charge in [-0.15, -0.1) is 0 Å². The first kappa shape index (κ1) is 35.3. The van der Waals surface area contributed by atoms with Gasteiger partial charge in [0.1, 0.15) is 11.9 Å². The number of aliphatic hydroxyl groups is 1. The Hall–Kier alpha value is -3.53. The van der Waals surface area contributed by atoms with E-state index in [0.29, 0.717) is 44.0 Å². The number of aliphatic hydroxyl groups excluding tert-OH is 1. The van der Waals surface area contributed by atoms with E-state index in [9.17, 15) is 9.90 Å². The highest BCUT2D eigenvalue weighted by molar-refractivity contribution is 5.89. The highest BCUT2D eigenvalue weighted by Crippen LogP contribution is 2.46. The number of methoxy groups -OCH3 is 2. The number of rotatable bonds is 16. The van der Waals surface area contributed by atoms with Crippen LogP contribution in [0.1, 0.15) is 48.7 Å². The van der Waals surface area contributed by atoms with Gasteiger partial charge < -0.3 is 33.5 Å². The molecule has 8 heteroatoms. The predicted molar refractivity (Wildman–Crippen MR) is 176 cm³/mol. The standard InChI is InChI=1S/C38H48O8/c1-26(23-44-25-30-13-9-7-10-14-30)38(42-6)29(4)36(45-37(40)32-15-11-8-12-16-32)28(3)35(46-38)27(2)34(39)21-22-43-24-31-17-19-33(41-5)20-18-31/h7-20,26-27,29,34-36,39H,3,21-25H2,1-2,4-6H3/t26-,27+,29+,34-,35+,36-,38-/m0/s1. The van der Waals surface area contributed by atoms with Gasteiger partial charge in [0.25, 0.3) is 0 Å². The third kappa shape index (κ3) is 8.63. The average Bonchev–Trinajstić information content (AvgIpc) is 3.09. The van der Waals surface area contributed by atoms with Crippen LogP contribution in [-0.2, 0) is 36.9 Å². The van der Waals surface area contributed by atoms with Crippen LogP contribution in [0, 0.1) is 17.8 Å². The number of carbonyl (C=O) groups excluding carboxylic acids is 1. The van der Waals surface area contributed by atoms with E-state index in [4.69, 9.17) is 28.4 Å². The minimum atomic E-state index is -1.19. The maximum atomic E-state index is 13.3. The fourth-order valence-electron chi connectivity index (χ4n) is 6.08. The van der Waals surface area contributed by atoms with Crippen molar-refractivity contribution in [3.05, 3.63) is 114 Å². The number of hydrogen-bond donors (Lipinski definition) is 1. The van der Waals surface area contributed by atoms with Crippen molar-refractivity contribution in [2.24, 2.45) is 17.8 Å². The fraction of sp³-hybridized carbons (Fsp3) is 0.447. The molecular weight excluding hydrogens is 584 g/mol. The van der Waals surface area contributed by atoms with Crippen molar-refractivity contribution < 1.29 is 38.3 Å². The molecule has 46 heavy (non-hydrogen) atoms. The molecule has 0 aliphatic carbocycles. The molecule has 1 heterocycles. The van der Waals surface area contributed by atoms with E-state index in [0.717, 1.165) is 16.9 Å². The summed E-state index contributed by atoms with van der Waals surface area (Å²) in [7, 11) is 3.23. The number of carbonyl (C=O) groups is 1. The van der Waals surface area contributed by atoms with Gasteiger partial charge in [0.15, 0.2) is 5.79 Å². The lowest BCUT2D eigenvalue weighted by Crippen LogP contribution is -2.62. The Labute approximate surface area is 273 Å². The Kier molecular flexibility index (Phi) is 12.9. The maximum absolute atomic E-state index is 13.3. The molecule has 1 N–H and O–H groups in total. The Morgan fingerprint density at radius 2 is 1.52 bits per heavy atom. The summed E-state index contributed by atoms with van der Waals surface area (Å²) in [5, 5.41) is 11.3. The molecule has 7 atom stereocenters. The van der Waals surface area contributed by atoms with Crippen molar-refractivity contribution in [3.8, 4) is 5.75 Å². The van der Waals surface area contributed by atoms with Gasteiger partial charge in [-0.25, -0.2) is 4.79 Å². The molecule has 8 nitrogen and oxygen atoms in total. The van der Waals surface area contributed by atoms with E-state index in [1.54, 1.807) is 38.5 Å². The van der Waals surface area contributed by atoms with Crippen LogP contribution in [0.3, 0.4) is 0 Å². The molecule has 0 radical (unpaired) electrons. The van der Waals surface area contributed by atoms with E-state index in [2.05, 4.69) is 6.58 Å². The van der Waals surface area contributed by atoms with Crippen molar-refractivity contribution in [3.63, 3.8) is 0 Å². The molecule has 3 aromatic rings. The fourth-order valence-corrected chi connectivity index (χ4v) is 6.08. The van der Waals surface area contributed by atoms with Gasteiger partial charge >= 0.3 is 5.97 Å². The second kappa shape index (κ2) is 16.9. The second-order valence-electron chi connectivity index (χ2n) is 12.0.